The van der Waals surface area contributed by atoms with Gasteiger partial charge in [0.1, 0.15) is 35.6 Å². The lowest BCUT2D eigenvalue weighted by atomic mass is 9.44. The molecule has 1 aliphatic heterocycles. The lowest BCUT2D eigenvalue weighted by Crippen LogP contribution is -2.81. The van der Waals surface area contributed by atoms with Gasteiger partial charge in [0.25, 0.3) is 0 Å². The van der Waals surface area contributed by atoms with Gasteiger partial charge in [0.15, 0.2) is 17.5 Å². The fraction of sp³-hybridized carbons (Fsp3) is 0.559. The lowest BCUT2D eigenvalue weighted by Gasteiger charge is -2.67. The minimum atomic E-state index is -2.35. The Morgan fingerprint density at radius 2 is 0.975 bits per heavy atom. The van der Waals surface area contributed by atoms with Crippen molar-refractivity contribution in [2.75, 3.05) is 20.8 Å². The Morgan fingerprint density at radius 3 is 1.36 bits per heavy atom. The molecule has 1 saturated heterocycles. The van der Waals surface area contributed by atoms with Crippen molar-refractivity contribution in [3.8, 4) is 0 Å². The average molecular weight is 1670 g/mol. The molecule has 1 heterocycles. The van der Waals surface area contributed by atoms with Crippen LogP contribution >= 0.6 is 0 Å². The summed E-state index contributed by atoms with van der Waals surface area (Å²) in [5.74, 6) is -5.94. The Bertz CT molecular complexity index is 4380. The zero-order valence-electron chi connectivity index (χ0n) is 76.7. The number of fused-ring (bicyclic) bond motifs is 5. The summed E-state index contributed by atoms with van der Waals surface area (Å²) in [6.07, 6.45) is 32.8. The number of nitrogens with one attached hydrogen (secondary N) is 1. The molecule has 5 aliphatic rings. The van der Waals surface area contributed by atoms with E-state index in [1.165, 1.54) is 115 Å². The van der Waals surface area contributed by atoms with Crippen LogP contribution in [0.3, 0.4) is 0 Å². The van der Waals surface area contributed by atoms with Crippen LogP contribution < -0.4 is 5.32 Å². The molecule has 0 unspecified atom stereocenters. The van der Waals surface area contributed by atoms with Gasteiger partial charge < -0.3 is 58.9 Å². The van der Waals surface area contributed by atoms with Crippen LogP contribution in [0.1, 0.15) is 295 Å². The standard InChI is InChI=1S/C59H90O4.C43H53NO14/c1-44(2)24-15-25-45(3)26-16-27-46(4)28-17-29-47(5)30-18-31-48(6)32-19-33-49(7)34-20-35-50(8)36-21-37-51(9)38-22-39-52(10)40-23-41-53(11)42-43-55-54(12)56(60)58(62-13)59(63-14)57(55)61;1-22-26(55-37(51)32(48)30(24-15-11-9-12-16-24)44-38(52)58-39(3,4)5)20-43(53)35(56-36(50)25-17-13-10-14-18-25)33-41(8,34(49)31(47)29(22)40(43,6)7)27(46)19-28-42(33,21-54-28)57-23(2)45/h24,26,28,30,32,34,36,38,40,42H,15-23,25,27,29,31,33,35,37,39,41,43H2,1-14H3;9-18,26-28,30-33,35,46-48,53H,19-21H2,1-8H3,(H,44,52)/b45-26+,46-28+,47-30+,48-32+,49-34+,50-36+,51-38+,52-40+,53-42+;/t;26-,27-,28+,30-,31+,32+,33-,35-,41+,42-,43+/m.0/s1. The number of esters is 3. The monoisotopic (exact) mass is 1670 g/mol. The molecule has 2 bridgehead atoms. The minimum Gasteiger partial charge on any atom is -0.489 e. The van der Waals surface area contributed by atoms with Crippen molar-refractivity contribution >= 4 is 41.4 Å². The Kier molecular flexibility index (Phi) is 38.9. The Labute approximate surface area is 722 Å². The maximum Gasteiger partial charge on any atom is 0.408 e. The van der Waals surface area contributed by atoms with E-state index in [1.54, 1.807) is 90.1 Å². The molecule has 11 atom stereocenters. The second kappa shape index (κ2) is 46.6. The summed E-state index contributed by atoms with van der Waals surface area (Å²) in [4.78, 5) is 94.5. The number of rotatable bonds is 39. The van der Waals surface area contributed by atoms with Gasteiger partial charge in [-0.2, -0.15) is 0 Å². The maximum absolute atomic E-state index is 14.9. The van der Waals surface area contributed by atoms with Crippen molar-refractivity contribution in [3.63, 3.8) is 0 Å². The third-order valence-corrected chi connectivity index (χ3v) is 24.7. The highest BCUT2D eigenvalue weighted by Crippen LogP contribution is 2.64. The fourth-order valence-corrected chi connectivity index (χ4v) is 17.2. The molecule has 7 rings (SSSR count). The quantitative estimate of drug-likeness (QED) is 0.0180. The summed E-state index contributed by atoms with van der Waals surface area (Å²) in [5, 5.41) is 51.6. The number of aliphatic hydroxyl groups excluding tert-OH is 3. The molecule has 664 valence electrons. The Balaban J connectivity index is 0.000000376. The second-order valence-corrected chi connectivity index (χ2v) is 36.2. The van der Waals surface area contributed by atoms with E-state index in [-0.39, 0.29) is 52.8 Å². The highest BCUT2D eigenvalue weighted by atomic mass is 16.6. The third kappa shape index (κ3) is 27.8. The summed E-state index contributed by atoms with van der Waals surface area (Å²) >= 11 is 0. The number of carbonyl (C=O) groups is 7. The molecule has 4 aliphatic carbocycles. The normalized spacial score (nSPS) is 24.4. The largest absolute Gasteiger partial charge is 0.489 e. The highest BCUT2D eigenvalue weighted by Gasteiger charge is 2.78. The van der Waals surface area contributed by atoms with E-state index in [0.29, 0.717) is 23.1 Å². The molecule has 1 amide bonds. The lowest BCUT2D eigenvalue weighted by molar-refractivity contribution is -0.346. The third-order valence-electron chi connectivity index (χ3n) is 24.7. The number of Topliss-reactive ketones (excluding diaryl/α,β-unsaturated/α-hetero) is 3. The highest BCUT2D eigenvalue weighted by molar-refractivity contribution is 6.23. The van der Waals surface area contributed by atoms with E-state index in [9.17, 15) is 54.0 Å². The van der Waals surface area contributed by atoms with Crippen molar-refractivity contribution in [1.82, 2.24) is 5.32 Å². The van der Waals surface area contributed by atoms with Gasteiger partial charge in [0.05, 0.1) is 49.9 Å². The summed E-state index contributed by atoms with van der Waals surface area (Å²) < 4.78 is 39.9. The molecule has 0 spiro atoms. The first-order valence-corrected chi connectivity index (χ1v) is 43.5. The molecule has 19 nitrogen and oxygen atoms in total. The summed E-state index contributed by atoms with van der Waals surface area (Å²) in [6.45, 7) is 38.1. The van der Waals surface area contributed by atoms with Crippen molar-refractivity contribution in [1.29, 1.82) is 0 Å². The molecule has 3 fully saturated rings. The van der Waals surface area contributed by atoms with Crippen LogP contribution in [0.15, 0.2) is 211 Å². The number of amides is 1. The predicted octanol–water partition coefficient (Wildman–Crippen LogP) is 21.1. The van der Waals surface area contributed by atoms with Crippen LogP contribution in [0.25, 0.3) is 0 Å². The van der Waals surface area contributed by atoms with Crippen LogP contribution in [0.4, 0.5) is 4.79 Å². The van der Waals surface area contributed by atoms with Gasteiger partial charge in [-0.15, -0.1) is 0 Å². The molecule has 19 heteroatoms. The van der Waals surface area contributed by atoms with Crippen molar-refractivity contribution < 1.29 is 87.1 Å². The zero-order valence-corrected chi connectivity index (χ0v) is 76.7. The molecule has 0 aromatic heterocycles. The number of methoxy groups -OCH3 is 2. The van der Waals surface area contributed by atoms with E-state index in [0.717, 1.165) is 103 Å². The van der Waals surface area contributed by atoms with Crippen molar-refractivity contribution in [2.24, 2.45) is 16.7 Å². The van der Waals surface area contributed by atoms with Gasteiger partial charge in [0, 0.05) is 36.3 Å². The van der Waals surface area contributed by atoms with Crippen LogP contribution in [0, 0.1) is 16.7 Å². The van der Waals surface area contributed by atoms with Crippen LogP contribution in [-0.2, 0) is 57.1 Å². The SMILES string of the molecule is CC(=O)O[C@@]12CO[C@@H]1C[C@H](O)[C@@]1(C)C(=O)[C@H](O)C3=C(C)[C@@H](OC(=O)[C@H](O)[C@@H](NC(=O)OC(C)(C)C)c4ccccc4)C[C@@](O)([C@@H](OC(=O)c4ccccc4)[C@H]21)C3(C)C.COC1=C(OC)C(=O)C(C/C=C(\C)CC/C=C(\C)CC/C=C(\C)CC/C=C(\C)CC/C=C(\C)CC/C=C(\C)CC/C=C(\C)CC/C=C(\C)CC/C=C(\C)CCC=C(C)C)=C(C)C1=O. The number of alkyl carbamates (subject to hydrolysis) is 1. The molecule has 0 radical (unpaired) electrons. The number of hydrogen-bond acceptors (Lipinski definition) is 18. The molecule has 5 N–H and O–H groups in total. The zero-order chi connectivity index (χ0) is 89.9. The van der Waals surface area contributed by atoms with Gasteiger partial charge in [-0.25, -0.2) is 14.4 Å². The smallest absolute Gasteiger partial charge is 0.408 e. The van der Waals surface area contributed by atoms with Gasteiger partial charge in [-0.05, 0) is 269 Å². The Hall–Kier alpha value is -8.85. The van der Waals surface area contributed by atoms with E-state index >= 15 is 0 Å². The number of carbonyl (C=O) groups excluding carboxylic acids is 7. The number of aliphatic hydroxyl groups is 4. The van der Waals surface area contributed by atoms with E-state index < -0.39 is 112 Å². The first-order chi connectivity index (χ1) is 57.0. The van der Waals surface area contributed by atoms with Crippen LogP contribution in [0.5, 0.6) is 0 Å². The topological polar surface area (TPSA) is 277 Å². The summed E-state index contributed by atoms with van der Waals surface area (Å²) in [7, 11) is 2.78. The minimum absolute atomic E-state index is 0.00667. The van der Waals surface area contributed by atoms with Crippen molar-refractivity contribution in [2.45, 2.75) is 333 Å². The molecule has 121 heavy (non-hydrogen) atoms. The molecule has 2 saturated carbocycles. The molecule has 2 aromatic carbocycles. The Morgan fingerprint density at radius 1 is 0.570 bits per heavy atom. The van der Waals surface area contributed by atoms with Crippen molar-refractivity contribution in [3.05, 3.63) is 222 Å². The average Bonchev–Trinajstić information content (AvgIpc) is 0.668. The van der Waals surface area contributed by atoms with Gasteiger partial charge in [0.2, 0.25) is 23.1 Å². The summed E-state index contributed by atoms with van der Waals surface area (Å²) in [6, 6.07) is 14.6. The van der Waals surface area contributed by atoms with E-state index in [1.807, 2.05) is 0 Å². The predicted molar refractivity (Wildman–Crippen MR) is 478 cm³/mol. The van der Waals surface area contributed by atoms with E-state index in [2.05, 4.69) is 142 Å². The van der Waals surface area contributed by atoms with Gasteiger partial charge >= 0.3 is 24.0 Å². The van der Waals surface area contributed by atoms with Gasteiger partial charge in [-0.1, -0.05) is 179 Å². The number of ketones is 3. The molecular formula is C102H143NO18. The van der Waals surface area contributed by atoms with Gasteiger partial charge in [-0.3, -0.25) is 19.2 Å². The number of allylic oxidation sites excluding steroid dienone is 22. The number of hydrogen-bond donors (Lipinski definition) is 5. The fourth-order valence-electron chi connectivity index (χ4n) is 17.2. The first kappa shape index (κ1) is 101. The van der Waals surface area contributed by atoms with Crippen LogP contribution in [-0.4, -0.2) is 136 Å². The van der Waals surface area contributed by atoms with E-state index in [4.69, 9.17) is 33.2 Å². The number of benzene rings is 2. The van der Waals surface area contributed by atoms with Crippen LogP contribution in [0.2, 0.25) is 0 Å². The molecular weight excluding hydrogens is 1530 g/mol. The first-order valence-electron chi connectivity index (χ1n) is 43.5. The summed E-state index contributed by atoms with van der Waals surface area (Å²) in [5.41, 5.74) is 7.34. The second-order valence-electron chi connectivity index (χ2n) is 36.2. The molecule has 2 aromatic rings. The maximum atomic E-state index is 14.9. The number of ether oxygens (including phenoxy) is 7.